The van der Waals surface area contributed by atoms with Gasteiger partial charge in [-0.05, 0) is 18.2 Å². The molecule has 0 saturated heterocycles. The van der Waals surface area contributed by atoms with Gasteiger partial charge in [-0.1, -0.05) is 0 Å². The van der Waals surface area contributed by atoms with Crippen LogP contribution in [0.2, 0.25) is 0 Å². The van der Waals surface area contributed by atoms with Crippen LogP contribution < -0.4 is 9.47 Å². The molecule has 5 heteroatoms. The summed E-state index contributed by atoms with van der Waals surface area (Å²) in [5.41, 5.74) is 1.29. The summed E-state index contributed by atoms with van der Waals surface area (Å²) in [6.45, 7) is 1.27. The van der Waals surface area contributed by atoms with Gasteiger partial charge >= 0.3 is 0 Å². The molecule has 1 aromatic carbocycles. The summed E-state index contributed by atoms with van der Waals surface area (Å²) < 4.78 is 16.1. The molecule has 5 nitrogen and oxygen atoms in total. The van der Waals surface area contributed by atoms with Gasteiger partial charge in [0.05, 0.1) is 13.2 Å². The van der Waals surface area contributed by atoms with Crippen molar-refractivity contribution in [3.05, 3.63) is 30.4 Å². The highest BCUT2D eigenvalue weighted by Crippen LogP contribution is 2.34. The van der Waals surface area contributed by atoms with Crippen molar-refractivity contribution in [3.8, 4) is 22.8 Å². The molecule has 0 fully saturated rings. The number of fused-ring (bicyclic) bond motifs is 1. The van der Waals surface area contributed by atoms with Gasteiger partial charge in [-0.15, -0.1) is 0 Å². The summed E-state index contributed by atoms with van der Waals surface area (Å²) in [6, 6.07) is 5.46. The molecule has 0 saturated carbocycles. The monoisotopic (exact) mass is 245 g/mol. The van der Waals surface area contributed by atoms with E-state index in [9.17, 15) is 4.79 Å². The Hall–Kier alpha value is -2.30. The molecule has 0 spiro atoms. The summed E-state index contributed by atoms with van der Waals surface area (Å²) in [5.74, 6) is 1.60. The minimum Gasteiger partial charge on any atom is -0.490 e. The van der Waals surface area contributed by atoms with E-state index in [-0.39, 0.29) is 5.76 Å². The smallest absolute Gasteiger partial charge is 0.194 e. The summed E-state index contributed by atoms with van der Waals surface area (Å²) in [7, 11) is 0. The molecule has 1 aliphatic heterocycles. The number of rotatable bonds is 2. The first kappa shape index (κ1) is 10.8. The van der Waals surface area contributed by atoms with Crippen LogP contribution in [0.25, 0.3) is 11.3 Å². The fourth-order valence-electron chi connectivity index (χ4n) is 1.87. The topological polar surface area (TPSA) is 61.6 Å². The lowest BCUT2D eigenvalue weighted by Crippen LogP contribution is -1.97. The van der Waals surface area contributed by atoms with Gasteiger partial charge in [-0.25, -0.2) is 4.98 Å². The second-order valence-corrected chi connectivity index (χ2v) is 3.90. The van der Waals surface area contributed by atoms with Crippen LogP contribution in [0.1, 0.15) is 17.0 Å². The number of oxazole rings is 1. The fraction of sp³-hybridized carbons (Fsp3) is 0.231. The van der Waals surface area contributed by atoms with Gasteiger partial charge in [0.1, 0.15) is 5.69 Å². The van der Waals surface area contributed by atoms with Crippen LogP contribution in [0, 0.1) is 0 Å². The number of carbonyl (C=O) groups is 1. The molecular weight excluding hydrogens is 234 g/mol. The van der Waals surface area contributed by atoms with Crippen LogP contribution in [-0.2, 0) is 0 Å². The Kier molecular flexibility index (Phi) is 2.72. The standard InChI is InChI=1S/C13H11NO4/c15-7-12-13(14-8-18-12)9-2-3-10-11(6-9)17-5-1-4-16-10/h2-3,6-8H,1,4-5H2. The Morgan fingerprint density at radius 1 is 1.17 bits per heavy atom. The first-order valence-corrected chi connectivity index (χ1v) is 5.67. The maximum atomic E-state index is 10.8. The van der Waals surface area contributed by atoms with E-state index >= 15 is 0 Å². The summed E-state index contributed by atoms with van der Waals surface area (Å²) in [5, 5.41) is 0. The Morgan fingerprint density at radius 3 is 2.83 bits per heavy atom. The third kappa shape index (κ3) is 1.84. The SMILES string of the molecule is O=Cc1ocnc1-c1ccc2c(c1)OCCCO2. The molecule has 92 valence electrons. The Bertz CT molecular complexity index is 576. The third-order valence-electron chi connectivity index (χ3n) is 2.72. The molecule has 2 heterocycles. The summed E-state index contributed by atoms with van der Waals surface area (Å²) in [6.07, 6.45) is 2.75. The van der Waals surface area contributed by atoms with Crippen LogP contribution in [0.5, 0.6) is 11.5 Å². The molecular formula is C13H11NO4. The van der Waals surface area contributed by atoms with Crippen LogP contribution in [-0.4, -0.2) is 24.5 Å². The Morgan fingerprint density at radius 2 is 2.00 bits per heavy atom. The van der Waals surface area contributed by atoms with Crippen LogP contribution in [0.3, 0.4) is 0 Å². The normalized spacial score (nSPS) is 14.0. The van der Waals surface area contributed by atoms with Gasteiger partial charge in [0.25, 0.3) is 0 Å². The maximum absolute atomic E-state index is 10.8. The number of nitrogens with zero attached hydrogens (tertiary/aromatic N) is 1. The molecule has 3 rings (SSSR count). The van der Waals surface area contributed by atoms with E-state index in [2.05, 4.69) is 4.98 Å². The number of hydrogen-bond acceptors (Lipinski definition) is 5. The van der Waals surface area contributed by atoms with Crippen molar-refractivity contribution in [2.45, 2.75) is 6.42 Å². The fourth-order valence-corrected chi connectivity index (χ4v) is 1.87. The molecule has 0 bridgehead atoms. The molecule has 1 aromatic heterocycles. The van der Waals surface area contributed by atoms with Gasteiger partial charge < -0.3 is 13.9 Å². The average Bonchev–Trinajstić information content (AvgIpc) is 2.76. The lowest BCUT2D eigenvalue weighted by Gasteiger charge is -2.08. The molecule has 1 aliphatic rings. The molecule has 0 N–H and O–H groups in total. The minimum atomic E-state index is 0.212. The number of hydrogen-bond donors (Lipinski definition) is 0. The van der Waals surface area contributed by atoms with E-state index in [1.54, 1.807) is 0 Å². The number of aldehydes is 1. The van der Waals surface area contributed by atoms with Crippen molar-refractivity contribution < 1.29 is 18.7 Å². The van der Waals surface area contributed by atoms with Crippen LogP contribution in [0.15, 0.2) is 29.0 Å². The quantitative estimate of drug-likeness (QED) is 0.760. The zero-order valence-electron chi connectivity index (χ0n) is 9.59. The highest BCUT2D eigenvalue weighted by molar-refractivity contribution is 5.82. The maximum Gasteiger partial charge on any atom is 0.194 e. The third-order valence-corrected chi connectivity index (χ3v) is 2.72. The predicted molar refractivity (Wildman–Crippen MR) is 62.9 cm³/mol. The van der Waals surface area contributed by atoms with Gasteiger partial charge in [0.2, 0.25) is 0 Å². The Balaban J connectivity index is 2.04. The molecule has 0 amide bonds. The van der Waals surface area contributed by atoms with Gasteiger partial charge in [-0.3, -0.25) is 4.79 Å². The summed E-state index contributed by atoms with van der Waals surface area (Å²) in [4.78, 5) is 14.9. The summed E-state index contributed by atoms with van der Waals surface area (Å²) >= 11 is 0. The molecule has 0 atom stereocenters. The second-order valence-electron chi connectivity index (χ2n) is 3.90. The van der Waals surface area contributed by atoms with E-state index in [0.717, 1.165) is 12.0 Å². The van der Waals surface area contributed by atoms with E-state index in [1.165, 1.54) is 6.39 Å². The van der Waals surface area contributed by atoms with E-state index < -0.39 is 0 Å². The first-order valence-electron chi connectivity index (χ1n) is 5.67. The van der Waals surface area contributed by atoms with E-state index in [4.69, 9.17) is 13.9 Å². The van der Waals surface area contributed by atoms with Crippen molar-refractivity contribution in [2.24, 2.45) is 0 Å². The number of benzene rings is 1. The van der Waals surface area contributed by atoms with Crippen molar-refractivity contribution in [1.29, 1.82) is 0 Å². The highest BCUT2D eigenvalue weighted by atomic mass is 16.5. The minimum absolute atomic E-state index is 0.212. The van der Waals surface area contributed by atoms with Crippen molar-refractivity contribution >= 4 is 6.29 Å². The number of ether oxygens (including phenoxy) is 2. The van der Waals surface area contributed by atoms with Gasteiger partial charge in [0.15, 0.2) is 29.9 Å². The zero-order valence-corrected chi connectivity index (χ0v) is 9.59. The molecule has 18 heavy (non-hydrogen) atoms. The lowest BCUT2D eigenvalue weighted by molar-refractivity contribution is 0.110. The second kappa shape index (κ2) is 4.52. The number of carbonyl (C=O) groups excluding carboxylic acids is 1. The van der Waals surface area contributed by atoms with Crippen molar-refractivity contribution in [2.75, 3.05) is 13.2 Å². The van der Waals surface area contributed by atoms with Gasteiger partial charge in [0, 0.05) is 12.0 Å². The van der Waals surface area contributed by atoms with E-state index in [0.29, 0.717) is 36.7 Å². The first-order chi connectivity index (χ1) is 8.88. The average molecular weight is 245 g/mol. The molecule has 0 aliphatic carbocycles. The molecule has 0 unspecified atom stereocenters. The lowest BCUT2D eigenvalue weighted by atomic mass is 10.1. The zero-order chi connectivity index (χ0) is 12.4. The van der Waals surface area contributed by atoms with E-state index in [1.807, 2.05) is 18.2 Å². The number of aromatic nitrogens is 1. The van der Waals surface area contributed by atoms with Crippen molar-refractivity contribution in [1.82, 2.24) is 4.98 Å². The van der Waals surface area contributed by atoms with Crippen molar-refractivity contribution in [3.63, 3.8) is 0 Å². The van der Waals surface area contributed by atoms with Gasteiger partial charge in [-0.2, -0.15) is 0 Å². The van der Waals surface area contributed by atoms with Crippen LogP contribution >= 0.6 is 0 Å². The molecule has 0 radical (unpaired) electrons. The Labute approximate surface area is 103 Å². The predicted octanol–water partition coefficient (Wildman–Crippen LogP) is 2.32. The van der Waals surface area contributed by atoms with Crippen LogP contribution in [0.4, 0.5) is 0 Å². The largest absolute Gasteiger partial charge is 0.490 e. The highest BCUT2D eigenvalue weighted by Gasteiger charge is 2.15. The molecule has 2 aromatic rings.